The van der Waals surface area contributed by atoms with Crippen LogP contribution in [0, 0.1) is 5.92 Å². The number of aliphatic carboxylic acids is 1. The van der Waals surface area contributed by atoms with Crippen molar-refractivity contribution in [1.29, 1.82) is 0 Å². The Kier molecular flexibility index (Phi) is 5.90. The monoisotopic (exact) mass is 308 g/mol. The fraction of sp³-hybridized carbons (Fsp3) is 0.818. The lowest BCUT2D eigenvalue weighted by Gasteiger charge is -2.32. The first-order valence-corrected chi connectivity index (χ1v) is 7.78. The third-order valence-corrected chi connectivity index (χ3v) is 4.98. The molecular weight excluding hydrogens is 288 g/mol. The molecule has 1 aliphatic rings. The molecule has 1 unspecified atom stereocenters. The van der Waals surface area contributed by atoms with Crippen LogP contribution in [0.4, 0.5) is 0 Å². The zero-order valence-electron chi connectivity index (χ0n) is 11.6. The van der Waals surface area contributed by atoms with Crippen LogP contribution >= 0.6 is 0 Å². The van der Waals surface area contributed by atoms with Crippen LogP contribution in [0.2, 0.25) is 0 Å². The Balaban J connectivity index is 2.75. The number of esters is 1. The minimum absolute atomic E-state index is 0.0329. The van der Waals surface area contributed by atoms with Crippen molar-refractivity contribution >= 4 is 22.1 Å². The molecule has 0 bridgehead atoms. The van der Waals surface area contributed by atoms with Gasteiger partial charge in [0.2, 0.25) is 0 Å². The van der Waals surface area contributed by atoms with Crippen LogP contribution in [0.15, 0.2) is 0 Å². The molecule has 0 amide bonds. The highest BCUT2D eigenvalue weighted by atomic mass is 32.2. The minimum Gasteiger partial charge on any atom is -0.480 e. The third-order valence-electron chi connectivity index (χ3n) is 3.08. The van der Waals surface area contributed by atoms with Gasteiger partial charge in [-0.1, -0.05) is 0 Å². The number of carbonyl (C=O) groups excluding carboxylic acids is 1. The molecule has 0 saturated carbocycles. The summed E-state index contributed by atoms with van der Waals surface area (Å²) < 4.78 is 31.2. The van der Waals surface area contributed by atoms with Gasteiger partial charge in [0, 0.05) is 20.1 Å². The zero-order chi connectivity index (χ0) is 15.3. The Morgan fingerprint density at radius 1 is 1.45 bits per heavy atom. The van der Waals surface area contributed by atoms with Crippen molar-refractivity contribution in [2.45, 2.75) is 19.8 Å². The van der Waals surface area contributed by atoms with Crippen molar-refractivity contribution in [2.75, 3.05) is 33.3 Å². The van der Waals surface area contributed by atoms with E-state index in [1.807, 2.05) is 0 Å². The number of carboxylic acid groups (broad SMARTS) is 1. The van der Waals surface area contributed by atoms with E-state index in [0.717, 1.165) is 8.61 Å². The number of carbonyl (C=O) groups is 2. The summed E-state index contributed by atoms with van der Waals surface area (Å²) in [6.07, 6.45) is 1.12. The fourth-order valence-electron chi connectivity index (χ4n) is 2.07. The van der Waals surface area contributed by atoms with Crippen LogP contribution in [0.3, 0.4) is 0 Å². The van der Waals surface area contributed by atoms with Crippen LogP contribution < -0.4 is 0 Å². The van der Waals surface area contributed by atoms with Gasteiger partial charge in [0.1, 0.15) is 6.54 Å². The molecule has 1 fully saturated rings. The van der Waals surface area contributed by atoms with Gasteiger partial charge < -0.3 is 9.84 Å². The van der Waals surface area contributed by atoms with Crippen molar-refractivity contribution in [3.05, 3.63) is 0 Å². The maximum atomic E-state index is 12.2. The van der Waals surface area contributed by atoms with Crippen LogP contribution in [0.25, 0.3) is 0 Å². The molecule has 116 valence electrons. The summed E-state index contributed by atoms with van der Waals surface area (Å²) in [5.41, 5.74) is 0. The Bertz CT molecular complexity index is 464. The van der Waals surface area contributed by atoms with Crippen LogP contribution in [-0.2, 0) is 24.5 Å². The lowest BCUT2D eigenvalue weighted by atomic mass is 10.0. The van der Waals surface area contributed by atoms with Crippen molar-refractivity contribution < 1.29 is 27.9 Å². The molecule has 0 spiro atoms. The molecule has 1 atom stereocenters. The van der Waals surface area contributed by atoms with Crippen molar-refractivity contribution in [3.63, 3.8) is 0 Å². The van der Waals surface area contributed by atoms with E-state index in [9.17, 15) is 18.0 Å². The smallest absolute Gasteiger partial charge is 0.318 e. The van der Waals surface area contributed by atoms with Crippen LogP contribution in [-0.4, -0.2) is 67.4 Å². The molecule has 1 heterocycles. The minimum atomic E-state index is -3.86. The number of nitrogens with zero attached hydrogens (tertiary/aromatic N) is 2. The molecule has 1 aliphatic heterocycles. The van der Waals surface area contributed by atoms with Gasteiger partial charge in [-0.05, 0) is 19.8 Å². The molecule has 1 rings (SSSR count). The van der Waals surface area contributed by atoms with Gasteiger partial charge in [0.15, 0.2) is 0 Å². The molecule has 0 aromatic rings. The molecule has 9 heteroatoms. The van der Waals surface area contributed by atoms with E-state index in [2.05, 4.69) is 0 Å². The van der Waals surface area contributed by atoms with E-state index in [-0.39, 0.29) is 19.7 Å². The number of rotatable bonds is 6. The van der Waals surface area contributed by atoms with E-state index in [0.29, 0.717) is 12.8 Å². The summed E-state index contributed by atoms with van der Waals surface area (Å²) in [6, 6.07) is 0. The molecule has 1 N–H and O–H groups in total. The highest BCUT2D eigenvalue weighted by Gasteiger charge is 2.35. The maximum absolute atomic E-state index is 12.2. The highest BCUT2D eigenvalue weighted by Crippen LogP contribution is 2.21. The molecule has 8 nitrogen and oxygen atoms in total. The molecular formula is C11H20N2O6S. The average Bonchev–Trinajstić information content (AvgIpc) is 2.38. The fourth-order valence-corrected chi connectivity index (χ4v) is 3.47. The van der Waals surface area contributed by atoms with E-state index in [1.54, 1.807) is 6.92 Å². The topological polar surface area (TPSA) is 104 Å². The second-order valence-corrected chi connectivity index (χ2v) is 6.64. The van der Waals surface area contributed by atoms with Gasteiger partial charge >= 0.3 is 11.9 Å². The Morgan fingerprint density at radius 3 is 2.65 bits per heavy atom. The highest BCUT2D eigenvalue weighted by molar-refractivity contribution is 7.86. The summed E-state index contributed by atoms with van der Waals surface area (Å²) in [5, 5.41) is 8.66. The molecule has 1 saturated heterocycles. The quantitative estimate of drug-likeness (QED) is 0.665. The Hall–Kier alpha value is -1.19. The summed E-state index contributed by atoms with van der Waals surface area (Å²) >= 11 is 0. The van der Waals surface area contributed by atoms with Crippen LogP contribution in [0.5, 0.6) is 0 Å². The Morgan fingerprint density at radius 2 is 2.10 bits per heavy atom. The summed E-state index contributed by atoms with van der Waals surface area (Å²) in [7, 11) is -2.65. The van der Waals surface area contributed by atoms with Gasteiger partial charge in [-0.2, -0.15) is 17.0 Å². The SMILES string of the molecule is CCOC(=O)C1CCCN(S(=O)(=O)N(C)CC(=O)O)C1. The second kappa shape index (κ2) is 7.00. The second-order valence-electron chi connectivity index (χ2n) is 4.61. The standard InChI is InChI=1S/C11H20N2O6S/c1-3-19-11(16)9-5-4-6-13(7-9)20(17,18)12(2)8-10(14)15/h9H,3-8H2,1-2H3,(H,14,15). The van der Waals surface area contributed by atoms with Gasteiger partial charge in [-0.15, -0.1) is 0 Å². The van der Waals surface area contributed by atoms with Crippen molar-refractivity contribution in [3.8, 4) is 0 Å². The van der Waals surface area contributed by atoms with Gasteiger partial charge in [0.25, 0.3) is 10.2 Å². The number of likely N-dealkylation sites (N-methyl/N-ethyl adjacent to an activating group) is 1. The first kappa shape index (κ1) is 16.9. The summed E-state index contributed by atoms with van der Waals surface area (Å²) in [6.45, 7) is 1.65. The van der Waals surface area contributed by atoms with Crippen molar-refractivity contribution in [2.24, 2.45) is 5.92 Å². The number of hydrogen-bond acceptors (Lipinski definition) is 5. The average molecular weight is 308 g/mol. The molecule has 0 aliphatic carbocycles. The zero-order valence-corrected chi connectivity index (χ0v) is 12.4. The first-order valence-electron chi connectivity index (χ1n) is 6.38. The van der Waals surface area contributed by atoms with E-state index >= 15 is 0 Å². The Labute approximate surface area is 118 Å². The van der Waals surface area contributed by atoms with E-state index in [4.69, 9.17) is 9.84 Å². The van der Waals surface area contributed by atoms with E-state index in [1.165, 1.54) is 7.05 Å². The largest absolute Gasteiger partial charge is 0.480 e. The van der Waals surface area contributed by atoms with Gasteiger partial charge in [-0.25, -0.2) is 0 Å². The number of hydrogen-bond donors (Lipinski definition) is 1. The summed E-state index contributed by atoms with van der Waals surface area (Å²) in [5.74, 6) is -2.12. The van der Waals surface area contributed by atoms with Crippen molar-refractivity contribution in [1.82, 2.24) is 8.61 Å². The summed E-state index contributed by atoms with van der Waals surface area (Å²) in [4.78, 5) is 22.3. The maximum Gasteiger partial charge on any atom is 0.318 e. The lowest BCUT2D eigenvalue weighted by Crippen LogP contribution is -2.49. The predicted octanol–water partition coefficient (Wildman–Crippen LogP) is -0.477. The molecule has 0 aromatic heterocycles. The number of ether oxygens (including phenoxy) is 1. The normalized spacial score (nSPS) is 20.9. The first-order chi connectivity index (χ1) is 9.28. The molecule has 20 heavy (non-hydrogen) atoms. The number of piperidine rings is 1. The lowest BCUT2D eigenvalue weighted by molar-refractivity contribution is -0.149. The van der Waals surface area contributed by atoms with Crippen LogP contribution in [0.1, 0.15) is 19.8 Å². The third kappa shape index (κ3) is 4.15. The molecule has 0 radical (unpaired) electrons. The van der Waals surface area contributed by atoms with E-state index < -0.39 is 34.6 Å². The van der Waals surface area contributed by atoms with Gasteiger partial charge in [-0.3, -0.25) is 9.59 Å². The molecule has 0 aromatic carbocycles. The number of carboxylic acids is 1. The van der Waals surface area contributed by atoms with Gasteiger partial charge in [0.05, 0.1) is 12.5 Å². The predicted molar refractivity (Wildman–Crippen MR) is 70.1 cm³/mol.